The van der Waals surface area contributed by atoms with Crippen LogP contribution in [0, 0.1) is 0 Å². The number of aliphatic hydroxyl groups excluding tert-OH is 2. The predicted molar refractivity (Wildman–Crippen MR) is 138 cm³/mol. The number of benzene rings is 3. The highest BCUT2D eigenvalue weighted by Crippen LogP contribution is 2.28. The van der Waals surface area contributed by atoms with Crippen molar-refractivity contribution in [2.45, 2.75) is 57.7 Å². The SMILES string of the molecule is CCCC(O)C(c1ccccc1)C(O)CCC.O=C(O)c1ccccc1.O=C(O)c1ccccc1. The maximum Gasteiger partial charge on any atom is 0.335 e. The fourth-order valence-electron chi connectivity index (χ4n) is 3.49. The molecule has 0 aromatic heterocycles. The Balaban J connectivity index is 0.000000286. The van der Waals surface area contributed by atoms with Gasteiger partial charge in [-0.1, -0.05) is 93.4 Å². The molecule has 0 bridgehead atoms. The van der Waals surface area contributed by atoms with E-state index >= 15 is 0 Å². The van der Waals surface area contributed by atoms with Gasteiger partial charge in [0.2, 0.25) is 0 Å². The van der Waals surface area contributed by atoms with Gasteiger partial charge in [0.1, 0.15) is 0 Å². The zero-order valence-electron chi connectivity index (χ0n) is 20.3. The lowest BCUT2D eigenvalue weighted by molar-refractivity contribution is 0.0429. The number of carbonyl (C=O) groups is 2. The standard InChI is InChI=1S/C15H24O2.2C7H6O2/c1-3-8-13(16)15(14(17)9-4-2)12-10-6-5-7-11-12;2*8-7(9)6-4-2-1-3-5-6/h5-7,10-11,13-17H,3-4,8-9H2,1-2H3;2*1-5H,(H,8,9). The van der Waals surface area contributed by atoms with Crippen LogP contribution < -0.4 is 0 Å². The summed E-state index contributed by atoms with van der Waals surface area (Å²) in [7, 11) is 0. The van der Waals surface area contributed by atoms with Crippen molar-refractivity contribution in [2.24, 2.45) is 0 Å². The van der Waals surface area contributed by atoms with Crippen molar-refractivity contribution in [2.75, 3.05) is 0 Å². The molecule has 0 amide bonds. The van der Waals surface area contributed by atoms with E-state index in [0.717, 1.165) is 31.2 Å². The monoisotopic (exact) mass is 480 g/mol. The highest BCUT2D eigenvalue weighted by molar-refractivity contribution is 5.87. The molecular formula is C29H36O6. The molecule has 4 N–H and O–H groups in total. The summed E-state index contributed by atoms with van der Waals surface area (Å²) in [6.45, 7) is 4.11. The van der Waals surface area contributed by atoms with Crippen molar-refractivity contribution in [1.82, 2.24) is 0 Å². The maximum absolute atomic E-state index is 10.2. The smallest absolute Gasteiger partial charge is 0.335 e. The first-order valence-electron chi connectivity index (χ1n) is 11.8. The average molecular weight is 481 g/mol. The Hall–Kier alpha value is -3.48. The summed E-state index contributed by atoms with van der Waals surface area (Å²) in [6.07, 6.45) is 2.43. The van der Waals surface area contributed by atoms with Gasteiger partial charge in [-0.15, -0.1) is 0 Å². The van der Waals surface area contributed by atoms with Crippen LogP contribution in [0.4, 0.5) is 0 Å². The third-order valence-electron chi connectivity index (χ3n) is 5.22. The van der Waals surface area contributed by atoms with E-state index in [1.165, 1.54) is 0 Å². The van der Waals surface area contributed by atoms with E-state index in [1.807, 2.05) is 30.3 Å². The lowest BCUT2D eigenvalue weighted by Crippen LogP contribution is -2.29. The first-order chi connectivity index (χ1) is 16.8. The minimum atomic E-state index is -0.879. The van der Waals surface area contributed by atoms with Gasteiger partial charge >= 0.3 is 11.9 Å². The van der Waals surface area contributed by atoms with Crippen LogP contribution in [0.15, 0.2) is 91.0 Å². The maximum atomic E-state index is 10.2. The third-order valence-corrected chi connectivity index (χ3v) is 5.22. The lowest BCUT2D eigenvalue weighted by atomic mass is 9.84. The molecule has 2 atom stereocenters. The average Bonchev–Trinajstić information content (AvgIpc) is 2.87. The van der Waals surface area contributed by atoms with Crippen LogP contribution in [0.3, 0.4) is 0 Å². The topological polar surface area (TPSA) is 115 Å². The normalized spacial score (nSPS) is 12.6. The number of hydrogen-bond acceptors (Lipinski definition) is 4. The molecule has 0 saturated carbocycles. The summed E-state index contributed by atoms with van der Waals surface area (Å²) in [5.74, 6) is -1.91. The van der Waals surface area contributed by atoms with E-state index in [1.54, 1.807) is 60.7 Å². The molecule has 3 aromatic carbocycles. The Morgan fingerprint density at radius 2 is 0.914 bits per heavy atom. The molecule has 0 aliphatic heterocycles. The number of aromatic carboxylic acids is 2. The number of rotatable bonds is 9. The van der Waals surface area contributed by atoms with Crippen molar-refractivity contribution >= 4 is 11.9 Å². The van der Waals surface area contributed by atoms with Crippen LogP contribution in [-0.2, 0) is 0 Å². The van der Waals surface area contributed by atoms with Crippen LogP contribution in [0.25, 0.3) is 0 Å². The molecule has 3 rings (SSSR count). The van der Waals surface area contributed by atoms with Crippen LogP contribution in [0.2, 0.25) is 0 Å². The minimum Gasteiger partial charge on any atom is -0.478 e. The molecule has 188 valence electrons. The van der Waals surface area contributed by atoms with Gasteiger partial charge < -0.3 is 20.4 Å². The van der Waals surface area contributed by atoms with Gasteiger partial charge in [0.05, 0.1) is 23.3 Å². The largest absolute Gasteiger partial charge is 0.478 e. The molecule has 35 heavy (non-hydrogen) atoms. The summed E-state index contributed by atoms with van der Waals surface area (Å²) in [5.41, 5.74) is 1.70. The first-order valence-corrected chi connectivity index (χ1v) is 11.8. The zero-order valence-corrected chi connectivity index (χ0v) is 20.3. The van der Waals surface area contributed by atoms with E-state index < -0.39 is 24.1 Å². The molecule has 0 heterocycles. The number of hydrogen-bond donors (Lipinski definition) is 4. The molecule has 0 aliphatic rings. The minimum absolute atomic E-state index is 0.156. The van der Waals surface area contributed by atoms with Crippen molar-refractivity contribution in [3.8, 4) is 0 Å². The molecule has 6 nitrogen and oxygen atoms in total. The van der Waals surface area contributed by atoms with E-state index in [-0.39, 0.29) is 5.92 Å². The fraction of sp³-hybridized carbons (Fsp3) is 0.310. The summed E-state index contributed by atoms with van der Waals surface area (Å²) in [4.78, 5) is 20.4. The molecule has 6 heteroatoms. The van der Waals surface area contributed by atoms with Crippen molar-refractivity contribution in [1.29, 1.82) is 0 Å². The number of carboxylic acids is 2. The first kappa shape index (κ1) is 29.6. The molecule has 0 spiro atoms. The van der Waals surface area contributed by atoms with Crippen molar-refractivity contribution < 1.29 is 30.0 Å². The van der Waals surface area contributed by atoms with Crippen molar-refractivity contribution in [3.63, 3.8) is 0 Å². The Bertz CT molecular complexity index is 899. The Morgan fingerprint density at radius 3 is 1.17 bits per heavy atom. The molecule has 0 fully saturated rings. The van der Waals surface area contributed by atoms with Crippen LogP contribution >= 0.6 is 0 Å². The highest BCUT2D eigenvalue weighted by atomic mass is 16.4. The van der Waals surface area contributed by atoms with Gasteiger partial charge in [-0.25, -0.2) is 9.59 Å². The third kappa shape index (κ3) is 11.5. The second kappa shape index (κ2) is 17.0. The Morgan fingerprint density at radius 1 is 0.600 bits per heavy atom. The Kier molecular flexibility index (Phi) is 14.4. The van der Waals surface area contributed by atoms with E-state index in [2.05, 4.69) is 13.8 Å². The molecule has 3 aromatic rings. The molecule has 0 aliphatic carbocycles. The zero-order chi connectivity index (χ0) is 26.1. The second-order valence-electron chi connectivity index (χ2n) is 7.99. The van der Waals surface area contributed by atoms with Gasteiger partial charge in [0.25, 0.3) is 0 Å². The molecule has 2 unspecified atom stereocenters. The predicted octanol–water partition coefficient (Wildman–Crippen LogP) is 5.86. The van der Waals surface area contributed by atoms with Crippen LogP contribution in [-0.4, -0.2) is 44.6 Å². The highest BCUT2D eigenvalue weighted by Gasteiger charge is 2.27. The van der Waals surface area contributed by atoms with Gasteiger partial charge in [0, 0.05) is 5.92 Å². The van der Waals surface area contributed by atoms with E-state index in [0.29, 0.717) is 11.1 Å². The Labute approximate surface area is 207 Å². The van der Waals surface area contributed by atoms with Crippen LogP contribution in [0.5, 0.6) is 0 Å². The van der Waals surface area contributed by atoms with Crippen molar-refractivity contribution in [3.05, 3.63) is 108 Å². The quantitative estimate of drug-likeness (QED) is 0.305. The van der Waals surface area contributed by atoms with E-state index in [4.69, 9.17) is 10.2 Å². The van der Waals surface area contributed by atoms with E-state index in [9.17, 15) is 19.8 Å². The second-order valence-corrected chi connectivity index (χ2v) is 7.99. The van der Waals surface area contributed by atoms with Gasteiger partial charge in [-0.05, 0) is 42.7 Å². The van der Waals surface area contributed by atoms with Gasteiger partial charge in [-0.3, -0.25) is 0 Å². The molecule has 0 radical (unpaired) electrons. The molecule has 0 saturated heterocycles. The summed E-state index contributed by atoms with van der Waals surface area (Å²) >= 11 is 0. The number of carboxylic acid groups (broad SMARTS) is 2. The van der Waals surface area contributed by atoms with Gasteiger partial charge in [-0.2, -0.15) is 0 Å². The number of aliphatic hydroxyl groups is 2. The summed E-state index contributed by atoms with van der Waals surface area (Å²) < 4.78 is 0. The summed E-state index contributed by atoms with van der Waals surface area (Å²) in [6, 6.07) is 26.4. The fourth-order valence-corrected chi connectivity index (χ4v) is 3.49. The van der Waals surface area contributed by atoms with Gasteiger partial charge in [0.15, 0.2) is 0 Å². The van der Waals surface area contributed by atoms with Crippen LogP contribution in [0.1, 0.15) is 71.7 Å². The summed E-state index contributed by atoms with van der Waals surface area (Å²) in [5, 5.41) is 37.2. The lowest BCUT2D eigenvalue weighted by Gasteiger charge is -2.28. The molecular weight excluding hydrogens is 444 g/mol.